The Morgan fingerprint density at radius 1 is 1.11 bits per heavy atom. The molecule has 3 rings (SSSR count). The number of benzene rings is 1. The largest absolute Gasteiger partial charge is 0.443 e. The average molecular weight is 386 g/mol. The SMILES string of the molecule is CC(C)(C)OC(=O)Nn1c(Cc2ccc(Cl)cc2)nnc1-c1ccncc1. The molecule has 1 N–H and O–H groups in total. The highest BCUT2D eigenvalue weighted by Crippen LogP contribution is 2.19. The number of halogens is 1. The molecule has 0 unspecified atom stereocenters. The molecule has 3 aromatic rings. The van der Waals surface area contributed by atoms with Crippen molar-refractivity contribution in [3.8, 4) is 11.4 Å². The third kappa shape index (κ3) is 5.04. The van der Waals surface area contributed by atoms with E-state index in [9.17, 15) is 4.79 Å². The first-order valence-corrected chi connectivity index (χ1v) is 8.79. The summed E-state index contributed by atoms with van der Waals surface area (Å²) in [6.07, 6.45) is 3.18. The maximum Gasteiger partial charge on any atom is 0.427 e. The lowest BCUT2D eigenvalue weighted by atomic mass is 10.1. The van der Waals surface area contributed by atoms with Crippen molar-refractivity contribution in [2.45, 2.75) is 32.8 Å². The fourth-order valence-corrected chi connectivity index (χ4v) is 2.54. The van der Waals surface area contributed by atoms with Crippen LogP contribution in [0.2, 0.25) is 5.02 Å². The summed E-state index contributed by atoms with van der Waals surface area (Å²) >= 11 is 5.95. The summed E-state index contributed by atoms with van der Waals surface area (Å²) in [6.45, 7) is 5.41. The van der Waals surface area contributed by atoms with E-state index < -0.39 is 11.7 Å². The lowest BCUT2D eigenvalue weighted by molar-refractivity contribution is 0.0612. The maximum atomic E-state index is 12.3. The second kappa shape index (κ2) is 7.75. The summed E-state index contributed by atoms with van der Waals surface area (Å²) in [7, 11) is 0. The van der Waals surface area contributed by atoms with Gasteiger partial charge in [0.25, 0.3) is 0 Å². The number of rotatable bonds is 4. The van der Waals surface area contributed by atoms with Crippen LogP contribution in [0.15, 0.2) is 48.8 Å². The Bertz CT molecular complexity index is 918. The van der Waals surface area contributed by atoms with Crippen molar-refractivity contribution >= 4 is 17.7 Å². The summed E-state index contributed by atoms with van der Waals surface area (Å²) in [4.78, 5) is 16.3. The Labute approximate surface area is 162 Å². The number of ether oxygens (including phenoxy) is 1. The van der Waals surface area contributed by atoms with Crippen LogP contribution in [0.25, 0.3) is 11.4 Å². The molecule has 0 saturated carbocycles. The summed E-state index contributed by atoms with van der Waals surface area (Å²) in [5, 5.41) is 9.14. The molecule has 1 aromatic carbocycles. The van der Waals surface area contributed by atoms with Crippen molar-refractivity contribution in [3.05, 3.63) is 65.2 Å². The van der Waals surface area contributed by atoms with Crippen LogP contribution in [0, 0.1) is 0 Å². The van der Waals surface area contributed by atoms with Crippen LogP contribution >= 0.6 is 11.6 Å². The van der Waals surface area contributed by atoms with Crippen molar-refractivity contribution in [1.29, 1.82) is 0 Å². The van der Waals surface area contributed by atoms with Gasteiger partial charge in [-0.2, -0.15) is 0 Å². The van der Waals surface area contributed by atoms with E-state index in [1.54, 1.807) is 45.3 Å². The predicted octanol–water partition coefficient (Wildman–Crippen LogP) is 4.06. The zero-order valence-electron chi connectivity index (χ0n) is 15.3. The molecule has 0 aliphatic rings. The molecule has 140 valence electrons. The van der Waals surface area contributed by atoms with E-state index >= 15 is 0 Å². The van der Waals surface area contributed by atoms with Gasteiger partial charge in [-0.3, -0.25) is 4.98 Å². The van der Waals surface area contributed by atoms with E-state index in [-0.39, 0.29) is 0 Å². The van der Waals surface area contributed by atoms with Gasteiger partial charge in [-0.25, -0.2) is 14.9 Å². The predicted molar refractivity (Wildman–Crippen MR) is 103 cm³/mol. The molecule has 2 heterocycles. The Kier molecular flexibility index (Phi) is 5.41. The van der Waals surface area contributed by atoms with Crippen LogP contribution in [-0.4, -0.2) is 31.6 Å². The van der Waals surface area contributed by atoms with E-state index in [1.807, 2.05) is 24.3 Å². The van der Waals surface area contributed by atoms with Crippen molar-refractivity contribution < 1.29 is 9.53 Å². The van der Waals surface area contributed by atoms with Gasteiger partial charge in [-0.1, -0.05) is 23.7 Å². The van der Waals surface area contributed by atoms with Gasteiger partial charge in [-0.15, -0.1) is 10.2 Å². The molecule has 2 aromatic heterocycles. The molecule has 0 aliphatic heterocycles. The number of aromatic nitrogens is 4. The summed E-state index contributed by atoms with van der Waals surface area (Å²) in [5.41, 5.74) is 3.87. The standard InChI is InChI=1S/C19H20ClN5O2/c1-19(2,3)27-18(26)24-25-16(12-13-4-6-15(20)7-5-13)22-23-17(25)14-8-10-21-11-9-14/h4-11H,12H2,1-3H3,(H,24,26). The smallest absolute Gasteiger partial charge is 0.427 e. The monoisotopic (exact) mass is 385 g/mol. The second-order valence-corrected chi connectivity index (χ2v) is 7.36. The van der Waals surface area contributed by atoms with E-state index in [0.29, 0.717) is 23.1 Å². The Morgan fingerprint density at radius 2 is 1.78 bits per heavy atom. The molecule has 1 amide bonds. The quantitative estimate of drug-likeness (QED) is 0.732. The normalized spacial score (nSPS) is 11.3. The highest BCUT2D eigenvalue weighted by molar-refractivity contribution is 6.30. The number of hydrogen-bond donors (Lipinski definition) is 1. The van der Waals surface area contributed by atoms with Gasteiger partial charge in [0.05, 0.1) is 0 Å². The first-order chi connectivity index (χ1) is 12.8. The van der Waals surface area contributed by atoms with Gasteiger partial charge in [0.15, 0.2) is 11.6 Å². The molecular formula is C19H20ClN5O2. The summed E-state index contributed by atoms with van der Waals surface area (Å²) < 4.78 is 6.91. The van der Waals surface area contributed by atoms with Gasteiger partial charge in [0, 0.05) is 29.4 Å². The Hall–Kier alpha value is -2.93. The molecule has 0 atom stereocenters. The Morgan fingerprint density at radius 3 is 2.41 bits per heavy atom. The molecular weight excluding hydrogens is 366 g/mol. The third-order valence-corrected chi connectivity index (χ3v) is 3.80. The van der Waals surface area contributed by atoms with Gasteiger partial charge < -0.3 is 4.74 Å². The lowest BCUT2D eigenvalue weighted by Crippen LogP contribution is -2.32. The first kappa shape index (κ1) is 18.8. The average Bonchev–Trinajstić information content (AvgIpc) is 2.98. The molecule has 0 saturated heterocycles. The highest BCUT2D eigenvalue weighted by Gasteiger charge is 2.20. The molecule has 8 heteroatoms. The summed E-state index contributed by atoms with van der Waals surface area (Å²) in [5.74, 6) is 1.06. The van der Waals surface area contributed by atoms with Crippen LogP contribution < -0.4 is 5.43 Å². The first-order valence-electron chi connectivity index (χ1n) is 8.41. The molecule has 0 fully saturated rings. The van der Waals surface area contributed by atoms with E-state index in [1.165, 1.54) is 4.68 Å². The van der Waals surface area contributed by atoms with Crippen molar-refractivity contribution in [2.75, 3.05) is 5.43 Å². The molecule has 0 aliphatic carbocycles. The number of amides is 1. The number of pyridine rings is 1. The third-order valence-electron chi connectivity index (χ3n) is 3.55. The van der Waals surface area contributed by atoms with E-state index in [0.717, 1.165) is 11.1 Å². The van der Waals surface area contributed by atoms with Crippen molar-refractivity contribution in [1.82, 2.24) is 19.9 Å². The Balaban J connectivity index is 1.94. The molecule has 0 bridgehead atoms. The van der Waals surface area contributed by atoms with E-state index in [4.69, 9.17) is 16.3 Å². The van der Waals surface area contributed by atoms with Crippen LogP contribution in [0.4, 0.5) is 4.79 Å². The minimum absolute atomic E-state index is 0.463. The molecule has 27 heavy (non-hydrogen) atoms. The van der Waals surface area contributed by atoms with Crippen molar-refractivity contribution in [3.63, 3.8) is 0 Å². The lowest BCUT2D eigenvalue weighted by Gasteiger charge is -2.20. The second-order valence-electron chi connectivity index (χ2n) is 6.93. The molecule has 0 spiro atoms. The zero-order chi connectivity index (χ0) is 19.4. The van der Waals surface area contributed by atoms with Gasteiger partial charge >= 0.3 is 6.09 Å². The summed E-state index contributed by atoms with van der Waals surface area (Å²) in [6, 6.07) is 11.0. The van der Waals surface area contributed by atoms with Crippen LogP contribution in [0.5, 0.6) is 0 Å². The topological polar surface area (TPSA) is 81.9 Å². The zero-order valence-corrected chi connectivity index (χ0v) is 16.1. The van der Waals surface area contributed by atoms with Crippen LogP contribution in [0.1, 0.15) is 32.2 Å². The fourth-order valence-electron chi connectivity index (χ4n) is 2.41. The number of nitrogens with one attached hydrogen (secondary N) is 1. The fraction of sp³-hybridized carbons (Fsp3) is 0.263. The number of carbonyl (C=O) groups is 1. The molecule has 7 nitrogen and oxygen atoms in total. The van der Waals surface area contributed by atoms with E-state index in [2.05, 4.69) is 20.6 Å². The number of carbonyl (C=O) groups excluding carboxylic acids is 1. The number of nitrogens with zero attached hydrogens (tertiary/aromatic N) is 4. The van der Waals surface area contributed by atoms with Gasteiger partial charge in [0.2, 0.25) is 0 Å². The van der Waals surface area contributed by atoms with Gasteiger partial charge in [0.1, 0.15) is 5.60 Å². The van der Waals surface area contributed by atoms with Crippen molar-refractivity contribution in [2.24, 2.45) is 0 Å². The highest BCUT2D eigenvalue weighted by atomic mass is 35.5. The number of hydrogen-bond acceptors (Lipinski definition) is 5. The van der Waals surface area contributed by atoms with Crippen LogP contribution in [0.3, 0.4) is 0 Å². The minimum Gasteiger partial charge on any atom is -0.443 e. The van der Waals surface area contributed by atoms with Gasteiger partial charge in [-0.05, 0) is 50.6 Å². The van der Waals surface area contributed by atoms with Crippen LogP contribution in [-0.2, 0) is 11.2 Å². The molecule has 0 radical (unpaired) electrons. The minimum atomic E-state index is -0.620. The maximum absolute atomic E-state index is 12.3.